The number of hydrogen-bond acceptors (Lipinski definition) is 7. The fourth-order valence-electron chi connectivity index (χ4n) is 3.78. The first kappa shape index (κ1) is 22.2. The maximum absolute atomic E-state index is 12.5. The van der Waals surface area contributed by atoms with E-state index in [4.69, 9.17) is 0 Å². The van der Waals surface area contributed by atoms with Gasteiger partial charge >= 0.3 is 0 Å². The van der Waals surface area contributed by atoms with Gasteiger partial charge in [0.05, 0.1) is 23.3 Å². The van der Waals surface area contributed by atoms with Gasteiger partial charge in [-0.2, -0.15) is 0 Å². The molecule has 3 aliphatic rings. The fraction of sp³-hybridized carbons (Fsp3) is 0.381. The maximum Gasteiger partial charge on any atom is 0.242 e. The van der Waals surface area contributed by atoms with Gasteiger partial charge in [0.1, 0.15) is 11.6 Å². The number of aromatic nitrogens is 3. The minimum Gasteiger partial charge on any atom is -0.353 e. The van der Waals surface area contributed by atoms with E-state index in [0.29, 0.717) is 5.56 Å². The Morgan fingerprint density at radius 3 is 2.62 bits per heavy atom. The largest absolute Gasteiger partial charge is 0.353 e. The lowest BCUT2D eigenvalue weighted by atomic mass is 10.2. The number of anilines is 1. The highest BCUT2D eigenvalue weighted by molar-refractivity contribution is 7.89. The zero-order valence-corrected chi connectivity index (χ0v) is 19.0. The summed E-state index contributed by atoms with van der Waals surface area (Å²) in [6.07, 6.45) is 3.41. The molecule has 0 aliphatic carbocycles. The van der Waals surface area contributed by atoms with Gasteiger partial charge in [0.2, 0.25) is 15.9 Å². The second-order valence-corrected chi connectivity index (χ2v) is 9.99. The summed E-state index contributed by atoms with van der Waals surface area (Å²) in [7, 11) is -0.587. The molecular weight excluding hydrogens is 430 g/mol. The topological polar surface area (TPSA) is 115 Å². The van der Waals surface area contributed by atoms with Gasteiger partial charge in [-0.3, -0.25) is 9.69 Å². The lowest BCUT2D eigenvalue weighted by Crippen LogP contribution is -2.49. The molecule has 4 rings (SSSR count). The number of hydrogen-bond donors (Lipinski definition) is 2. The van der Waals surface area contributed by atoms with Crippen LogP contribution in [0.5, 0.6) is 0 Å². The predicted octanol–water partition coefficient (Wildman–Crippen LogP) is 0.598. The monoisotopic (exact) mass is 457 g/mol. The Labute approximate surface area is 187 Å². The number of piperazine rings is 1. The van der Waals surface area contributed by atoms with Crippen LogP contribution in [0.25, 0.3) is 11.4 Å². The number of fused-ring (bicyclic) bond motifs is 1. The third-order valence-electron chi connectivity index (χ3n) is 5.58. The molecule has 3 aliphatic heterocycles. The molecule has 0 bridgehead atoms. The molecule has 1 aromatic rings. The van der Waals surface area contributed by atoms with Crippen molar-refractivity contribution in [2.24, 2.45) is 0 Å². The highest BCUT2D eigenvalue weighted by Crippen LogP contribution is 2.28. The van der Waals surface area contributed by atoms with Gasteiger partial charge in [-0.1, -0.05) is 18.2 Å². The number of rotatable bonds is 7. The Morgan fingerprint density at radius 2 is 1.88 bits per heavy atom. The summed E-state index contributed by atoms with van der Waals surface area (Å²) in [5, 5.41) is 2.86. The molecule has 10 nitrogen and oxygen atoms in total. The molecule has 0 atom stereocenters. The Bertz CT molecular complexity index is 1150. The number of sulfonamides is 1. The Hall–Kier alpha value is -3.02. The Morgan fingerprint density at radius 1 is 1.12 bits per heavy atom. The van der Waals surface area contributed by atoms with Gasteiger partial charge in [0, 0.05) is 53.0 Å². The molecule has 11 heteroatoms. The zero-order valence-electron chi connectivity index (χ0n) is 18.2. The van der Waals surface area contributed by atoms with Gasteiger partial charge in [-0.15, -0.1) is 0 Å². The van der Waals surface area contributed by atoms with E-state index in [1.807, 2.05) is 6.07 Å². The molecule has 32 heavy (non-hydrogen) atoms. The molecule has 3 heterocycles. The molecule has 2 N–H and O–H groups in total. The Kier molecular flexibility index (Phi) is 6.40. The first-order valence-electron chi connectivity index (χ1n) is 10.4. The molecule has 1 amide bonds. The van der Waals surface area contributed by atoms with E-state index in [1.165, 1.54) is 18.4 Å². The van der Waals surface area contributed by atoms with Gasteiger partial charge in [0.15, 0.2) is 0 Å². The molecule has 1 saturated heterocycles. The van der Waals surface area contributed by atoms with E-state index in [2.05, 4.69) is 30.1 Å². The minimum absolute atomic E-state index is 0.134. The van der Waals surface area contributed by atoms with E-state index in [-0.39, 0.29) is 23.9 Å². The standard InChI is InChI=1S/C21H27N7O3S/c1-26(2)32(30,31)18-6-4-3-5-16(18)13-23-19(29)14-27-9-11-28(12-10-27)21-17-7-8-22-20(17)24-15-25-21/h3-8,15H,9-14H2,1-2H3,(H,23,29)(H,22,24,25). The van der Waals surface area contributed by atoms with Crippen molar-refractivity contribution in [2.45, 2.75) is 11.4 Å². The number of nitrogens with zero attached hydrogens (tertiary/aromatic N) is 5. The van der Waals surface area contributed by atoms with E-state index in [0.717, 1.165) is 43.4 Å². The normalized spacial score (nSPS) is 15.4. The van der Waals surface area contributed by atoms with E-state index in [9.17, 15) is 13.2 Å². The lowest BCUT2D eigenvalue weighted by molar-refractivity contribution is -0.122. The van der Waals surface area contributed by atoms with Crippen LogP contribution in [0.4, 0.5) is 5.82 Å². The lowest BCUT2D eigenvalue weighted by Gasteiger charge is -2.35. The summed E-state index contributed by atoms with van der Waals surface area (Å²) >= 11 is 0. The molecular formula is C21H27N7O3S. The van der Waals surface area contributed by atoms with Gasteiger partial charge in [-0.25, -0.2) is 22.7 Å². The second kappa shape index (κ2) is 9.23. The van der Waals surface area contributed by atoms with Crippen LogP contribution < -0.4 is 10.2 Å². The van der Waals surface area contributed by atoms with Crippen LogP contribution in [0.3, 0.4) is 0 Å². The van der Waals surface area contributed by atoms with Crippen molar-refractivity contribution >= 4 is 21.7 Å². The molecule has 0 unspecified atom stereocenters. The average Bonchev–Trinajstić information content (AvgIpc) is 3.27. The number of carbonyl (C=O) groups excluding carboxylic acids is 1. The number of carbonyl (C=O) groups is 1. The molecule has 170 valence electrons. The number of H-pyrrole nitrogens is 1. The van der Waals surface area contributed by atoms with Crippen LogP contribution in [0, 0.1) is 0 Å². The van der Waals surface area contributed by atoms with Gasteiger partial charge in [0.25, 0.3) is 0 Å². The second-order valence-electron chi connectivity index (χ2n) is 7.87. The van der Waals surface area contributed by atoms with Crippen LogP contribution in [0.2, 0.25) is 0 Å². The summed E-state index contributed by atoms with van der Waals surface area (Å²) < 4.78 is 26.2. The fourth-order valence-corrected chi connectivity index (χ4v) is 4.89. The first-order valence-corrected chi connectivity index (χ1v) is 11.8. The van der Waals surface area contributed by atoms with Crippen molar-refractivity contribution in [1.29, 1.82) is 0 Å². The van der Waals surface area contributed by atoms with Gasteiger partial charge in [-0.05, 0) is 17.7 Å². The van der Waals surface area contributed by atoms with E-state index in [1.54, 1.807) is 36.8 Å². The predicted molar refractivity (Wildman–Crippen MR) is 121 cm³/mol. The maximum atomic E-state index is 12.5. The van der Waals surface area contributed by atoms with Crippen LogP contribution in [-0.2, 0) is 21.4 Å². The zero-order chi connectivity index (χ0) is 22.7. The first-order chi connectivity index (χ1) is 15.4. The van der Waals surface area contributed by atoms with E-state index < -0.39 is 10.0 Å². The number of aromatic amines is 1. The van der Waals surface area contributed by atoms with E-state index >= 15 is 0 Å². The van der Waals surface area contributed by atoms with Crippen LogP contribution in [0.1, 0.15) is 5.56 Å². The summed E-state index contributed by atoms with van der Waals surface area (Å²) in [6, 6.07) is 8.68. The Balaban J connectivity index is 1.31. The summed E-state index contributed by atoms with van der Waals surface area (Å²) in [5.74, 6) is 1.58. The number of nitrogens with one attached hydrogen (secondary N) is 2. The highest BCUT2D eigenvalue weighted by Gasteiger charge is 2.24. The average molecular weight is 458 g/mol. The van der Waals surface area contributed by atoms with Crippen molar-refractivity contribution in [3.63, 3.8) is 0 Å². The molecule has 0 radical (unpaired) electrons. The molecule has 0 aromatic heterocycles. The van der Waals surface area contributed by atoms with Crippen LogP contribution in [0.15, 0.2) is 47.8 Å². The molecule has 1 fully saturated rings. The summed E-state index contributed by atoms with van der Waals surface area (Å²) in [5.41, 5.74) is 1.56. The molecule has 0 saturated carbocycles. The third kappa shape index (κ3) is 4.59. The van der Waals surface area contributed by atoms with Crippen molar-refractivity contribution in [1.82, 2.24) is 29.5 Å². The highest BCUT2D eigenvalue weighted by atomic mass is 32.2. The van der Waals surface area contributed by atoms with Crippen molar-refractivity contribution in [3.8, 4) is 11.4 Å². The summed E-state index contributed by atoms with van der Waals surface area (Å²) in [6.45, 7) is 3.40. The van der Waals surface area contributed by atoms with Crippen molar-refractivity contribution in [2.75, 3.05) is 51.7 Å². The minimum atomic E-state index is -3.57. The van der Waals surface area contributed by atoms with Crippen LogP contribution in [-0.4, -0.2) is 85.3 Å². The van der Waals surface area contributed by atoms with Crippen molar-refractivity contribution < 1.29 is 13.2 Å². The van der Waals surface area contributed by atoms with Crippen molar-refractivity contribution in [3.05, 3.63) is 48.4 Å². The molecule has 1 aromatic carbocycles. The smallest absolute Gasteiger partial charge is 0.242 e. The SMILES string of the molecule is CN(C)S(=O)(=O)c1ccccc1CNC(=O)CN1CCN(c2nc[nH]c3nccc2-3)CC1. The van der Waals surface area contributed by atoms with Gasteiger partial charge < -0.3 is 15.2 Å². The third-order valence-corrected chi connectivity index (χ3v) is 7.49. The summed E-state index contributed by atoms with van der Waals surface area (Å²) in [4.78, 5) is 28.8. The number of benzene rings is 1. The molecule has 0 spiro atoms. The van der Waals surface area contributed by atoms with Crippen LogP contribution >= 0.6 is 0 Å². The number of amides is 1. The quantitative estimate of drug-likeness (QED) is 0.534.